The highest BCUT2D eigenvalue weighted by atomic mass is 16.6. The fourth-order valence-electron chi connectivity index (χ4n) is 0.758. The molecule has 0 spiro atoms. The smallest absolute Gasteiger partial charge is 0.305 e. The molecule has 0 unspecified atom stereocenters. The van der Waals surface area contributed by atoms with Gasteiger partial charge in [-0.05, 0) is 25.8 Å². The van der Waals surface area contributed by atoms with Gasteiger partial charge < -0.3 is 4.74 Å². The number of ether oxygens (including phenoxy) is 1. The van der Waals surface area contributed by atoms with Crippen LogP contribution in [0.5, 0.6) is 0 Å². The van der Waals surface area contributed by atoms with Gasteiger partial charge in [0.05, 0.1) is 11.5 Å². The molecule has 13 heavy (non-hydrogen) atoms. The summed E-state index contributed by atoms with van der Waals surface area (Å²) < 4.78 is 4.67. The molecule has 0 heterocycles. The van der Waals surface area contributed by atoms with Crippen molar-refractivity contribution in [1.82, 2.24) is 0 Å². The number of rotatable bonds is 6. The average molecular weight is 187 g/mol. The van der Waals surface area contributed by atoms with Gasteiger partial charge in [0, 0.05) is 6.42 Å². The van der Waals surface area contributed by atoms with E-state index in [0.717, 1.165) is 6.20 Å². The third kappa shape index (κ3) is 8.52. The molecule has 0 rings (SSSR count). The number of carbonyl (C=O) groups excluding carboxylic acids is 1. The van der Waals surface area contributed by atoms with Crippen molar-refractivity contribution in [2.75, 3.05) is 6.61 Å². The molecule has 0 saturated heterocycles. The fraction of sp³-hybridized carbons (Fsp3) is 0.625. The average Bonchev–Trinajstić information content (AvgIpc) is 2.03. The molecule has 0 bridgehead atoms. The van der Waals surface area contributed by atoms with Crippen LogP contribution in [0.25, 0.3) is 0 Å². The lowest BCUT2D eigenvalue weighted by molar-refractivity contribution is -0.402. The van der Waals surface area contributed by atoms with Gasteiger partial charge in [-0.15, -0.1) is 0 Å². The van der Waals surface area contributed by atoms with E-state index in [9.17, 15) is 14.9 Å². The van der Waals surface area contributed by atoms with E-state index in [1.54, 1.807) is 6.92 Å². The maximum absolute atomic E-state index is 10.8. The third-order valence-electron chi connectivity index (χ3n) is 1.28. The first-order chi connectivity index (χ1) is 6.16. The fourth-order valence-corrected chi connectivity index (χ4v) is 0.758. The Bertz CT molecular complexity index is 200. The molecule has 74 valence electrons. The van der Waals surface area contributed by atoms with Gasteiger partial charge in [0.1, 0.15) is 0 Å². The minimum Gasteiger partial charge on any atom is -0.466 e. The van der Waals surface area contributed by atoms with Gasteiger partial charge >= 0.3 is 5.97 Å². The Kier molecular flexibility index (Phi) is 6.49. The summed E-state index contributed by atoms with van der Waals surface area (Å²) in [5.41, 5.74) is 0. The summed E-state index contributed by atoms with van der Waals surface area (Å²) in [5, 5.41) is 9.83. The standard InChI is InChI=1S/C8H13NO4/c1-2-13-8(10)6-4-3-5-7-9(11)12/h5,7H,2-4,6H2,1H3/b7-5+. The normalized spacial score (nSPS) is 10.2. The minimum atomic E-state index is -0.523. The number of hydrogen-bond donors (Lipinski definition) is 0. The number of esters is 1. The monoisotopic (exact) mass is 187 g/mol. The van der Waals surface area contributed by atoms with Gasteiger partial charge in [-0.2, -0.15) is 0 Å². The van der Waals surface area contributed by atoms with Crippen LogP contribution in [0.15, 0.2) is 12.3 Å². The minimum absolute atomic E-state index is 0.253. The lowest BCUT2D eigenvalue weighted by atomic mass is 10.2. The second-order valence-electron chi connectivity index (χ2n) is 2.37. The Hall–Kier alpha value is -1.39. The summed E-state index contributed by atoms with van der Waals surface area (Å²) in [5.74, 6) is -0.253. The zero-order valence-electron chi connectivity index (χ0n) is 7.56. The van der Waals surface area contributed by atoms with Crippen LogP contribution in [0.2, 0.25) is 0 Å². The van der Waals surface area contributed by atoms with E-state index in [1.807, 2.05) is 0 Å². The Morgan fingerprint density at radius 1 is 1.62 bits per heavy atom. The molecule has 0 aliphatic carbocycles. The molecule has 0 aliphatic rings. The van der Waals surface area contributed by atoms with E-state index < -0.39 is 4.92 Å². The largest absolute Gasteiger partial charge is 0.466 e. The van der Waals surface area contributed by atoms with Crippen LogP contribution < -0.4 is 0 Å². The number of hydrogen-bond acceptors (Lipinski definition) is 4. The number of unbranched alkanes of at least 4 members (excludes halogenated alkanes) is 1. The van der Waals surface area contributed by atoms with Crippen molar-refractivity contribution in [2.24, 2.45) is 0 Å². The number of allylic oxidation sites excluding steroid dienone is 1. The van der Waals surface area contributed by atoms with Crippen LogP contribution in [0.4, 0.5) is 0 Å². The van der Waals surface area contributed by atoms with E-state index in [-0.39, 0.29) is 5.97 Å². The Morgan fingerprint density at radius 2 is 2.31 bits per heavy atom. The van der Waals surface area contributed by atoms with Crippen molar-refractivity contribution >= 4 is 5.97 Å². The van der Waals surface area contributed by atoms with Gasteiger partial charge in [-0.1, -0.05) is 0 Å². The maximum Gasteiger partial charge on any atom is 0.305 e. The second kappa shape index (κ2) is 7.27. The zero-order chi connectivity index (χ0) is 10.1. The van der Waals surface area contributed by atoms with E-state index in [0.29, 0.717) is 25.9 Å². The molecule has 0 aromatic carbocycles. The summed E-state index contributed by atoms with van der Waals surface area (Å²) in [6.45, 7) is 2.12. The molecule has 0 aromatic rings. The second-order valence-corrected chi connectivity index (χ2v) is 2.37. The molecule has 5 nitrogen and oxygen atoms in total. The van der Waals surface area contributed by atoms with E-state index in [1.165, 1.54) is 6.08 Å². The summed E-state index contributed by atoms with van der Waals surface area (Å²) in [7, 11) is 0. The molecule has 5 heteroatoms. The molecule has 0 atom stereocenters. The molecule has 0 fully saturated rings. The first kappa shape index (κ1) is 11.6. The van der Waals surface area contributed by atoms with Gasteiger partial charge in [0.2, 0.25) is 6.20 Å². The number of carbonyl (C=O) groups is 1. The molecule has 0 saturated carbocycles. The van der Waals surface area contributed by atoms with E-state index in [4.69, 9.17) is 0 Å². The van der Waals surface area contributed by atoms with Crippen LogP contribution in [-0.2, 0) is 9.53 Å². The molecule has 0 N–H and O–H groups in total. The van der Waals surface area contributed by atoms with Crippen LogP contribution in [0.3, 0.4) is 0 Å². The lowest BCUT2D eigenvalue weighted by Crippen LogP contribution is -2.02. The van der Waals surface area contributed by atoms with Crippen LogP contribution in [0.1, 0.15) is 26.2 Å². The van der Waals surface area contributed by atoms with Gasteiger partial charge in [-0.3, -0.25) is 14.9 Å². The van der Waals surface area contributed by atoms with E-state index >= 15 is 0 Å². The van der Waals surface area contributed by atoms with Crippen molar-refractivity contribution in [3.8, 4) is 0 Å². The zero-order valence-corrected chi connectivity index (χ0v) is 7.56. The Labute approximate surface area is 76.5 Å². The number of nitrogens with zero attached hydrogens (tertiary/aromatic N) is 1. The highest BCUT2D eigenvalue weighted by Crippen LogP contribution is 1.98. The van der Waals surface area contributed by atoms with Gasteiger partial charge in [0.25, 0.3) is 0 Å². The molecular formula is C8H13NO4. The first-order valence-corrected chi connectivity index (χ1v) is 4.12. The van der Waals surface area contributed by atoms with Crippen LogP contribution in [-0.4, -0.2) is 17.5 Å². The summed E-state index contributed by atoms with van der Waals surface area (Å²) in [6, 6.07) is 0. The molecule has 0 amide bonds. The highest BCUT2D eigenvalue weighted by Gasteiger charge is 1.99. The summed E-state index contributed by atoms with van der Waals surface area (Å²) in [4.78, 5) is 20.1. The molecule has 0 aliphatic heterocycles. The predicted molar refractivity (Wildman–Crippen MR) is 46.6 cm³/mol. The van der Waals surface area contributed by atoms with Crippen molar-refractivity contribution in [3.63, 3.8) is 0 Å². The molecule has 0 radical (unpaired) electrons. The topological polar surface area (TPSA) is 69.4 Å². The highest BCUT2D eigenvalue weighted by molar-refractivity contribution is 5.69. The Balaban J connectivity index is 3.35. The molecular weight excluding hydrogens is 174 g/mol. The summed E-state index contributed by atoms with van der Waals surface area (Å²) in [6.07, 6.45) is 3.74. The van der Waals surface area contributed by atoms with Gasteiger partial charge in [-0.25, -0.2) is 0 Å². The summed E-state index contributed by atoms with van der Waals surface area (Å²) >= 11 is 0. The van der Waals surface area contributed by atoms with Crippen molar-refractivity contribution < 1.29 is 14.5 Å². The van der Waals surface area contributed by atoms with Crippen molar-refractivity contribution in [3.05, 3.63) is 22.4 Å². The van der Waals surface area contributed by atoms with Crippen LogP contribution >= 0.6 is 0 Å². The molecule has 0 aromatic heterocycles. The number of nitro groups is 1. The Morgan fingerprint density at radius 3 is 2.85 bits per heavy atom. The predicted octanol–water partition coefficient (Wildman–Crippen LogP) is 1.51. The maximum atomic E-state index is 10.8. The van der Waals surface area contributed by atoms with E-state index in [2.05, 4.69) is 4.74 Å². The van der Waals surface area contributed by atoms with Crippen molar-refractivity contribution in [1.29, 1.82) is 0 Å². The SMILES string of the molecule is CCOC(=O)CCC/C=C/[N+](=O)[O-]. The first-order valence-electron chi connectivity index (χ1n) is 4.12. The third-order valence-corrected chi connectivity index (χ3v) is 1.28. The van der Waals surface area contributed by atoms with Crippen LogP contribution in [0, 0.1) is 10.1 Å². The quantitative estimate of drug-likeness (QED) is 0.273. The van der Waals surface area contributed by atoms with Crippen molar-refractivity contribution in [2.45, 2.75) is 26.2 Å². The lowest BCUT2D eigenvalue weighted by Gasteiger charge is -1.98. The van der Waals surface area contributed by atoms with Gasteiger partial charge in [0.15, 0.2) is 0 Å².